The average Bonchev–Trinajstić information content (AvgIpc) is 2.75. The third kappa shape index (κ3) is 3.79. The molecule has 0 aliphatic heterocycles. The van der Waals surface area contributed by atoms with Gasteiger partial charge in [0.15, 0.2) is 0 Å². The van der Waals surface area contributed by atoms with Crippen molar-refractivity contribution >= 4 is 31.4 Å². The fourth-order valence-corrected chi connectivity index (χ4v) is 4.61. The Bertz CT molecular complexity index is 292. The van der Waals surface area contributed by atoms with Crippen LogP contribution in [-0.4, -0.2) is 0 Å². The fourth-order valence-electron chi connectivity index (χ4n) is 0.919. The van der Waals surface area contributed by atoms with E-state index in [-0.39, 0.29) is 17.1 Å². The minimum atomic E-state index is 0. The predicted molar refractivity (Wildman–Crippen MR) is 63.4 cm³/mol. The second-order valence-electron chi connectivity index (χ2n) is 2.48. The Morgan fingerprint density at radius 1 is 0.643 bits per heavy atom. The first-order valence-electron chi connectivity index (χ1n) is 3.90. The molecule has 0 bridgehead atoms. The summed E-state index contributed by atoms with van der Waals surface area (Å²) in [5.41, 5.74) is 0. The summed E-state index contributed by atoms with van der Waals surface area (Å²) in [6.45, 7) is 0. The maximum Gasteiger partial charge on any atom is 0 e. The van der Waals surface area contributed by atoms with E-state index in [0.29, 0.717) is 0 Å². The van der Waals surface area contributed by atoms with Crippen LogP contribution in [0.2, 0.25) is 0 Å². The Balaban J connectivity index is 0.000000980. The summed E-state index contributed by atoms with van der Waals surface area (Å²) in [6, 6.07) is 16.8. The van der Waals surface area contributed by atoms with Crippen LogP contribution in [-0.2, 0) is 17.1 Å². The maximum absolute atomic E-state index is 2.13. The third-order valence-corrected chi connectivity index (χ3v) is 5.38. The number of hydrogen-bond donors (Lipinski definition) is 0. The zero-order valence-corrected chi connectivity index (χ0v) is 10.8. The molecule has 76 valence electrons. The molecule has 2 rings (SSSR count). The molecule has 4 heteroatoms. The molecule has 0 saturated carbocycles. The van der Waals surface area contributed by atoms with Crippen molar-refractivity contribution in [2.45, 2.75) is 9.79 Å². The Morgan fingerprint density at radius 3 is 1.36 bits per heavy atom. The topological polar surface area (TPSA) is 0 Å². The van der Waals surface area contributed by atoms with E-state index < -0.39 is 0 Å². The molecule has 0 unspecified atom stereocenters. The van der Waals surface area contributed by atoms with Gasteiger partial charge in [0.1, 0.15) is 0 Å². The Labute approximate surface area is 106 Å². The van der Waals surface area contributed by atoms with Gasteiger partial charge in [0.25, 0.3) is 0 Å². The fraction of sp³-hybridized carbons (Fsp3) is 0. The summed E-state index contributed by atoms with van der Waals surface area (Å²) in [4.78, 5) is 2.65. The Kier molecular flexibility index (Phi) is 5.90. The SMILES string of the molecule is [Fe].c1cc[c-](SSS[c-]2cccc2)c1. The molecule has 14 heavy (non-hydrogen) atoms. The van der Waals surface area contributed by atoms with Gasteiger partial charge in [0.05, 0.1) is 0 Å². The first-order valence-corrected chi connectivity index (χ1v) is 7.38. The standard InChI is InChI=1S/C10H8S3.Fe/c1-2-6-9(5-1)11-13-12-10-7-3-4-8-10;/h1-8H;/q-2;. The van der Waals surface area contributed by atoms with Crippen LogP contribution in [0, 0.1) is 0 Å². The minimum Gasteiger partial charge on any atom is -0.213 e. The first-order chi connectivity index (χ1) is 6.45. The molecule has 0 spiro atoms. The molecule has 0 amide bonds. The number of hydrogen-bond acceptors (Lipinski definition) is 3. The van der Waals surface area contributed by atoms with Gasteiger partial charge in [-0.15, -0.1) is 21.6 Å². The van der Waals surface area contributed by atoms with E-state index >= 15 is 0 Å². The van der Waals surface area contributed by atoms with Gasteiger partial charge in [-0.05, 0) is 9.83 Å². The van der Waals surface area contributed by atoms with E-state index in [4.69, 9.17) is 0 Å². The van der Waals surface area contributed by atoms with Gasteiger partial charge in [0, 0.05) is 17.1 Å². The van der Waals surface area contributed by atoms with Crippen molar-refractivity contribution in [1.29, 1.82) is 0 Å². The molecular weight excluding hydrogens is 272 g/mol. The van der Waals surface area contributed by atoms with Gasteiger partial charge in [-0.1, -0.05) is 9.79 Å². The summed E-state index contributed by atoms with van der Waals surface area (Å²) < 4.78 is 0. The van der Waals surface area contributed by atoms with Crippen molar-refractivity contribution in [3.05, 3.63) is 48.5 Å². The summed E-state index contributed by atoms with van der Waals surface area (Å²) in [7, 11) is 5.41. The monoisotopic (exact) mass is 280 g/mol. The van der Waals surface area contributed by atoms with Crippen molar-refractivity contribution in [2.24, 2.45) is 0 Å². The molecule has 0 aromatic heterocycles. The molecule has 0 nitrogen and oxygen atoms in total. The summed E-state index contributed by atoms with van der Waals surface area (Å²) >= 11 is 0. The normalized spacial score (nSPS) is 9.71. The van der Waals surface area contributed by atoms with Crippen LogP contribution < -0.4 is 0 Å². The third-order valence-electron chi connectivity index (χ3n) is 1.52. The molecule has 0 aliphatic rings. The van der Waals surface area contributed by atoms with Crippen LogP contribution in [0.5, 0.6) is 0 Å². The molecule has 2 aromatic carbocycles. The molecule has 0 N–H and O–H groups in total. The smallest absolute Gasteiger partial charge is 0 e. The minimum absolute atomic E-state index is 0. The van der Waals surface area contributed by atoms with E-state index in [1.165, 1.54) is 9.79 Å². The van der Waals surface area contributed by atoms with Gasteiger partial charge in [0.2, 0.25) is 0 Å². The van der Waals surface area contributed by atoms with Crippen molar-refractivity contribution in [1.82, 2.24) is 0 Å². The van der Waals surface area contributed by atoms with Gasteiger partial charge >= 0.3 is 0 Å². The van der Waals surface area contributed by atoms with E-state index in [0.717, 1.165) is 0 Å². The Morgan fingerprint density at radius 2 is 1.00 bits per heavy atom. The van der Waals surface area contributed by atoms with Crippen LogP contribution in [0.15, 0.2) is 58.3 Å². The molecule has 0 heterocycles. The van der Waals surface area contributed by atoms with Crippen LogP contribution in [0.4, 0.5) is 0 Å². The number of rotatable bonds is 4. The molecule has 0 saturated heterocycles. The van der Waals surface area contributed by atoms with Crippen molar-refractivity contribution in [3.8, 4) is 0 Å². The van der Waals surface area contributed by atoms with Crippen molar-refractivity contribution in [2.75, 3.05) is 0 Å². The largest absolute Gasteiger partial charge is 0.213 e. The van der Waals surface area contributed by atoms with Crippen molar-refractivity contribution < 1.29 is 17.1 Å². The predicted octanol–water partition coefficient (Wildman–Crippen LogP) is 4.57. The summed E-state index contributed by atoms with van der Waals surface area (Å²) in [5.74, 6) is 0. The second-order valence-corrected chi connectivity index (χ2v) is 6.52. The maximum atomic E-state index is 2.13. The molecule has 0 fully saturated rings. The Hall–Kier alpha value is 0.269. The average molecular weight is 280 g/mol. The quantitative estimate of drug-likeness (QED) is 0.457. The van der Waals surface area contributed by atoms with Gasteiger partial charge in [-0.25, -0.2) is 24.3 Å². The molecular formula is C10H8FeS3-2. The van der Waals surface area contributed by atoms with E-state index in [9.17, 15) is 0 Å². The van der Waals surface area contributed by atoms with Crippen LogP contribution in [0.25, 0.3) is 0 Å². The van der Waals surface area contributed by atoms with E-state index in [2.05, 4.69) is 48.5 Å². The molecule has 0 atom stereocenters. The summed E-state index contributed by atoms with van der Waals surface area (Å²) in [5, 5.41) is 0. The molecule has 2 aromatic rings. The van der Waals surface area contributed by atoms with Gasteiger partial charge < -0.3 is 0 Å². The van der Waals surface area contributed by atoms with Gasteiger partial charge in [-0.3, -0.25) is 0 Å². The van der Waals surface area contributed by atoms with Crippen LogP contribution in [0.1, 0.15) is 0 Å². The van der Waals surface area contributed by atoms with E-state index in [1.54, 1.807) is 31.4 Å². The zero-order chi connectivity index (χ0) is 8.93. The van der Waals surface area contributed by atoms with E-state index in [1.807, 2.05) is 0 Å². The van der Waals surface area contributed by atoms with Crippen LogP contribution >= 0.6 is 31.4 Å². The van der Waals surface area contributed by atoms with Crippen molar-refractivity contribution in [3.63, 3.8) is 0 Å². The first kappa shape index (κ1) is 12.3. The second kappa shape index (κ2) is 6.70. The molecule has 0 radical (unpaired) electrons. The van der Waals surface area contributed by atoms with Crippen LogP contribution in [0.3, 0.4) is 0 Å². The van der Waals surface area contributed by atoms with Gasteiger partial charge in [-0.2, -0.15) is 24.3 Å². The molecule has 0 aliphatic carbocycles. The zero-order valence-electron chi connectivity index (χ0n) is 7.20. The summed E-state index contributed by atoms with van der Waals surface area (Å²) in [6.07, 6.45) is 0.